The molecule has 0 saturated heterocycles. The zero-order chi connectivity index (χ0) is 11.5. The van der Waals surface area contributed by atoms with E-state index >= 15 is 0 Å². The fourth-order valence-electron chi connectivity index (χ4n) is 1.57. The Kier molecular flexibility index (Phi) is 2.64. The summed E-state index contributed by atoms with van der Waals surface area (Å²) in [7, 11) is 0. The third-order valence-corrected chi connectivity index (χ3v) is 2.36. The smallest absolute Gasteiger partial charge is 0.336 e. The van der Waals surface area contributed by atoms with Gasteiger partial charge in [-0.1, -0.05) is 0 Å². The van der Waals surface area contributed by atoms with E-state index in [1.54, 1.807) is 24.7 Å². The van der Waals surface area contributed by atoms with Crippen LogP contribution in [-0.4, -0.2) is 21.0 Å². The highest BCUT2D eigenvalue weighted by Crippen LogP contribution is 2.25. The number of pyridine rings is 2. The molecule has 0 amide bonds. The number of carboxylic acid groups (broad SMARTS) is 1. The van der Waals surface area contributed by atoms with Crippen LogP contribution in [0.1, 0.15) is 15.9 Å². The van der Waals surface area contributed by atoms with Crippen LogP contribution in [0, 0.1) is 6.92 Å². The van der Waals surface area contributed by atoms with Gasteiger partial charge in [0.1, 0.15) is 0 Å². The van der Waals surface area contributed by atoms with Crippen molar-refractivity contribution in [2.45, 2.75) is 6.92 Å². The minimum Gasteiger partial charge on any atom is -0.478 e. The van der Waals surface area contributed by atoms with Crippen molar-refractivity contribution < 1.29 is 9.90 Å². The molecule has 0 saturated carbocycles. The highest BCUT2D eigenvalue weighted by Gasteiger charge is 2.12. The second-order valence-electron chi connectivity index (χ2n) is 3.42. The standard InChI is InChI=1S/C12H10N2O2/c1-8-6-13-4-2-9(8)11-7-14-5-3-10(11)12(15)16/h2-7H,1H3,(H,15,16). The van der Waals surface area contributed by atoms with Gasteiger partial charge in [-0.2, -0.15) is 0 Å². The van der Waals surface area contributed by atoms with Crippen molar-refractivity contribution in [3.63, 3.8) is 0 Å². The third kappa shape index (κ3) is 1.77. The Morgan fingerprint density at radius 1 is 1.12 bits per heavy atom. The van der Waals surface area contributed by atoms with Gasteiger partial charge in [0.15, 0.2) is 0 Å². The van der Waals surface area contributed by atoms with E-state index in [9.17, 15) is 4.79 Å². The number of hydrogen-bond donors (Lipinski definition) is 1. The molecular formula is C12H10N2O2. The van der Waals surface area contributed by atoms with Gasteiger partial charge < -0.3 is 5.11 Å². The number of hydrogen-bond acceptors (Lipinski definition) is 3. The third-order valence-electron chi connectivity index (χ3n) is 2.36. The maximum absolute atomic E-state index is 11.1. The molecule has 0 atom stereocenters. The van der Waals surface area contributed by atoms with Gasteiger partial charge >= 0.3 is 5.97 Å². The first-order chi connectivity index (χ1) is 7.70. The number of rotatable bonds is 2. The van der Waals surface area contributed by atoms with Gasteiger partial charge in [0, 0.05) is 30.4 Å². The molecule has 4 nitrogen and oxygen atoms in total. The van der Waals surface area contributed by atoms with Gasteiger partial charge in [0.25, 0.3) is 0 Å². The van der Waals surface area contributed by atoms with Crippen molar-refractivity contribution in [3.05, 3.63) is 48.0 Å². The normalized spacial score (nSPS) is 10.1. The second kappa shape index (κ2) is 4.10. The first-order valence-corrected chi connectivity index (χ1v) is 4.78. The quantitative estimate of drug-likeness (QED) is 0.831. The lowest BCUT2D eigenvalue weighted by molar-refractivity contribution is 0.0697. The summed E-state index contributed by atoms with van der Waals surface area (Å²) >= 11 is 0. The molecule has 0 spiro atoms. The fourth-order valence-corrected chi connectivity index (χ4v) is 1.57. The summed E-state index contributed by atoms with van der Waals surface area (Å²) in [4.78, 5) is 19.0. The van der Waals surface area contributed by atoms with Crippen LogP contribution in [0.5, 0.6) is 0 Å². The zero-order valence-corrected chi connectivity index (χ0v) is 8.71. The number of carboxylic acids is 1. The van der Waals surface area contributed by atoms with E-state index < -0.39 is 5.97 Å². The first-order valence-electron chi connectivity index (χ1n) is 4.78. The van der Waals surface area contributed by atoms with E-state index in [0.717, 1.165) is 11.1 Å². The summed E-state index contributed by atoms with van der Waals surface area (Å²) in [6, 6.07) is 3.29. The van der Waals surface area contributed by atoms with Gasteiger partial charge in [-0.25, -0.2) is 4.79 Å². The van der Waals surface area contributed by atoms with Crippen LogP contribution < -0.4 is 0 Å². The molecule has 2 aromatic heterocycles. The Morgan fingerprint density at radius 2 is 1.81 bits per heavy atom. The molecule has 0 aliphatic carbocycles. The molecule has 0 aliphatic rings. The lowest BCUT2D eigenvalue weighted by Crippen LogP contribution is -2.00. The molecule has 16 heavy (non-hydrogen) atoms. The summed E-state index contributed by atoms with van der Waals surface area (Å²) in [5, 5.41) is 9.07. The Hall–Kier alpha value is -2.23. The SMILES string of the molecule is Cc1cnccc1-c1cnccc1C(=O)O. The second-order valence-corrected chi connectivity index (χ2v) is 3.42. The largest absolute Gasteiger partial charge is 0.478 e. The van der Waals surface area contributed by atoms with E-state index in [1.165, 1.54) is 12.3 Å². The Bertz CT molecular complexity index is 538. The molecule has 4 heteroatoms. The van der Waals surface area contributed by atoms with Crippen LogP contribution in [-0.2, 0) is 0 Å². The molecular weight excluding hydrogens is 204 g/mol. The zero-order valence-electron chi connectivity index (χ0n) is 8.71. The minimum atomic E-state index is -0.950. The monoisotopic (exact) mass is 214 g/mol. The van der Waals surface area contributed by atoms with E-state index in [4.69, 9.17) is 5.11 Å². The molecule has 2 aromatic rings. The van der Waals surface area contributed by atoms with Crippen molar-refractivity contribution in [1.82, 2.24) is 9.97 Å². The topological polar surface area (TPSA) is 63.1 Å². The molecule has 2 rings (SSSR count). The summed E-state index contributed by atoms with van der Waals surface area (Å²) in [6.45, 7) is 1.89. The van der Waals surface area contributed by atoms with Crippen LogP contribution >= 0.6 is 0 Å². The van der Waals surface area contributed by atoms with Crippen molar-refractivity contribution >= 4 is 5.97 Å². The van der Waals surface area contributed by atoms with Crippen LogP contribution in [0.25, 0.3) is 11.1 Å². The van der Waals surface area contributed by atoms with E-state index in [1.807, 2.05) is 6.92 Å². The number of nitrogens with zero attached hydrogens (tertiary/aromatic N) is 2. The number of aromatic nitrogens is 2. The predicted octanol–water partition coefficient (Wildman–Crippen LogP) is 2.15. The van der Waals surface area contributed by atoms with Gasteiger partial charge in [-0.05, 0) is 30.2 Å². The Balaban J connectivity index is 2.65. The highest BCUT2D eigenvalue weighted by molar-refractivity contribution is 5.96. The summed E-state index contributed by atoms with van der Waals surface area (Å²) in [5.41, 5.74) is 2.65. The summed E-state index contributed by atoms with van der Waals surface area (Å²) in [5.74, 6) is -0.950. The first kappa shape index (κ1) is 10.3. The minimum absolute atomic E-state index is 0.254. The highest BCUT2D eigenvalue weighted by atomic mass is 16.4. The van der Waals surface area contributed by atoms with Crippen molar-refractivity contribution in [1.29, 1.82) is 0 Å². The van der Waals surface area contributed by atoms with Crippen molar-refractivity contribution in [3.8, 4) is 11.1 Å². The van der Waals surface area contributed by atoms with Crippen LogP contribution in [0.2, 0.25) is 0 Å². The Labute approximate surface area is 92.6 Å². The van der Waals surface area contributed by atoms with Crippen molar-refractivity contribution in [2.75, 3.05) is 0 Å². The van der Waals surface area contributed by atoms with Gasteiger partial charge in [0.2, 0.25) is 0 Å². The maximum atomic E-state index is 11.1. The fraction of sp³-hybridized carbons (Fsp3) is 0.0833. The van der Waals surface area contributed by atoms with E-state index in [-0.39, 0.29) is 5.56 Å². The van der Waals surface area contributed by atoms with E-state index in [2.05, 4.69) is 9.97 Å². The van der Waals surface area contributed by atoms with Gasteiger partial charge in [0.05, 0.1) is 5.56 Å². The average Bonchev–Trinajstić information content (AvgIpc) is 2.29. The molecule has 1 N–H and O–H groups in total. The lowest BCUT2D eigenvalue weighted by atomic mass is 10.00. The molecule has 0 aliphatic heterocycles. The molecule has 0 radical (unpaired) electrons. The van der Waals surface area contributed by atoms with Crippen LogP contribution in [0.4, 0.5) is 0 Å². The molecule has 0 aromatic carbocycles. The maximum Gasteiger partial charge on any atom is 0.336 e. The number of aromatic carboxylic acids is 1. The van der Waals surface area contributed by atoms with Crippen molar-refractivity contribution in [2.24, 2.45) is 0 Å². The average molecular weight is 214 g/mol. The number of carbonyl (C=O) groups is 1. The molecule has 0 unspecified atom stereocenters. The summed E-state index contributed by atoms with van der Waals surface area (Å²) < 4.78 is 0. The molecule has 0 fully saturated rings. The lowest BCUT2D eigenvalue weighted by Gasteiger charge is -2.07. The predicted molar refractivity (Wildman–Crippen MR) is 59.2 cm³/mol. The summed E-state index contributed by atoms with van der Waals surface area (Å²) in [6.07, 6.45) is 6.38. The van der Waals surface area contributed by atoms with Gasteiger partial charge in [-0.15, -0.1) is 0 Å². The van der Waals surface area contributed by atoms with Crippen LogP contribution in [0.15, 0.2) is 36.9 Å². The molecule has 2 heterocycles. The number of aryl methyl sites for hydroxylation is 1. The molecule has 0 bridgehead atoms. The van der Waals surface area contributed by atoms with Crippen LogP contribution in [0.3, 0.4) is 0 Å². The van der Waals surface area contributed by atoms with Gasteiger partial charge in [-0.3, -0.25) is 9.97 Å². The molecule has 80 valence electrons. The van der Waals surface area contributed by atoms with E-state index in [0.29, 0.717) is 5.56 Å². The Morgan fingerprint density at radius 3 is 2.50 bits per heavy atom.